The Balaban J connectivity index is 1.61. The number of likely N-dealkylation sites (tertiary alicyclic amines) is 1. The maximum absolute atomic E-state index is 12.2. The zero-order valence-electron chi connectivity index (χ0n) is 12.5. The average molecular weight is 273 g/mol. The highest BCUT2D eigenvalue weighted by Gasteiger charge is 2.55. The summed E-state index contributed by atoms with van der Waals surface area (Å²) in [6.07, 6.45) is 2.08. The highest BCUT2D eigenvalue weighted by Crippen LogP contribution is 2.49. The Morgan fingerprint density at radius 2 is 2.00 bits per heavy atom. The molecule has 1 aliphatic heterocycles. The summed E-state index contributed by atoms with van der Waals surface area (Å²) in [6, 6.07) is 11.0. The van der Waals surface area contributed by atoms with E-state index in [0.29, 0.717) is 17.9 Å². The molecule has 1 amide bonds. The lowest BCUT2D eigenvalue weighted by atomic mass is 9.96. The first-order valence-electron chi connectivity index (χ1n) is 7.47. The van der Waals surface area contributed by atoms with Crippen LogP contribution in [-0.4, -0.2) is 29.2 Å². The second kappa shape index (κ2) is 4.80. The van der Waals surface area contributed by atoms with E-state index >= 15 is 0 Å². The van der Waals surface area contributed by atoms with Crippen LogP contribution in [0.25, 0.3) is 0 Å². The summed E-state index contributed by atoms with van der Waals surface area (Å²) in [4.78, 5) is 14.1. The lowest BCUT2D eigenvalue weighted by molar-refractivity contribution is 0.0253. The van der Waals surface area contributed by atoms with E-state index in [-0.39, 0.29) is 6.09 Å². The topological polar surface area (TPSA) is 29.5 Å². The molecular formula is C17H23NO2. The Morgan fingerprint density at radius 3 is 2.65 bits per heavy atom. The average Bonchev–Trinajstić information content (AvgIpc) is 3.07. The van der Waals surface area contributed by atoms with Crippen LogP contribution in [0.4, 0.5) is 4.79 Å². The second-order valence-corrected chi connectivity index (χ2v) is 7.05. The number of ether oxygens (including phenoxy) is 1. The quantitative estimate of drug-likeness (QED) is 0.825. The van der Waals surface area contributed by atoms with Gasteiger partial charge in [0.05, 0.1) is 0 Å². The molecule has 1 heterocycles. The fourth-order valence-corrected chi connectivity index (χ4v) is 3.25. The van der Waals surface area contributed by atoms with Gasteiger partial charge in [-0.1, -0.05) is 30.3 Å². The van der Waals surface area contributed by atoms with E-state index in [2.05, 4.69) is 24.3 Å². The highest BCUT2D eigenvalue weighted by molar-refractivity contribution is 5.69. The molecule has 1 aliphatic carbocycles. The minimum atomic E-state index is -0.404. The molecule has 0 unspecified atom stereocenters. The van der Waals surface area contributed by atoms with Crippen molar-refractivity contribution < 1.29 is 9.53 Å². The molecule has 0 bridgehead atoms. The van der Waals surface area contributed by atoms with Crippen LogP contribution in [0.2, 0.25) is 0 Å². The first-order valence-corrected chi connectivity index (χ1v) is 7.47. The van der Waals surface area contributed by atoms with E-state index in [0.717, 1.165) is 19.4 Å². The van der Waals surface area contributed by atoms with Gasteiger partial charge >= 0.3 is 6.09 Å². The number of amides is 1. The molecule has 2 fully saturated rings. The Labute approximate surface area is 120 Å². The third-order valence-corrected chi connectivity index (χ3v) is 4.21. The molecule has 1 saturated heterocycles. The number of rotatable bonds is 2. The molecule has 108 valence electrons. The summed E-state index contributed by atoms with van der Waals surface area (Å²) in [7, 11) is 0. The number of benzene rings is 1. The van der Waals surface area contributed by atoms with Crippen LogP contribution in [0.3, 0.4) is 0 Å². The van der Waals surface area contributed by atoms with Crippen LogP contribution >= 0.6 is 0 Å². The largest absolute Gasteiger partial charge is 0.444 e. The third kappa shape index (κ3) is 2.82. The number of nitrogens with zero attached hydrogens (tertiary/aromatic N) is 1. The molecule has 20 heavy (non-hydrogen) atoms. The normalized spacial score (nSPS) is 28.1. The highest BCUT2D eigenvalue weighted by atomic mass is 16.6. The molecule has 3 rings (SSSR count). The predicted octanol–water partition coefficient (Wildman–Crippen LogP) is 3.48. The van der Waals surface area contributed by atoms with Crippen LogP contribution < -0.4 is 0 Å². The van der Waals surface area contributed by atoms with Gasteiger partial charge in [0.25, 0.3) is 0 Å². The Kier molecular flexibility index (Phi) is 3.23. The molecule has 0 aromatic heterocycles. The summed E-state index contributed by atoms with van der Waals surface area (Å²) < 4.78 is 5.50. The molecule has 3 atom stereocenters. The van der Waals surface area contributed by atoms with Crippen LogP contribution in [0.1, 0.15) is 32.8 Å². The summed E-state index contributed by atoms with van der Waals surface area (Å²) in [5.41, 5.74) is 0.966. The van der Waals surface area contributed by atoms with Crippen LogP contribution in [-0.2, 0) is 11.2 Å². The monoisotopic (exact) mass is 273 g/mol. The van der Waals surface area contributed by atoms with Crippen LogP contribution in [0, 0.1) is 11.8 Å². The first kappa shape index (κ1) is 13.5. The van der Waals surface area contributed by atoms with E-state index in [9.17, 15) is 4.79 Å². The van der Waals surface area contributed by atoms with Crippen molar-refractivity contribution in [2.75, 3.05) is 6.54 Å². The van der Waals surface area contributed by atoms with Gasteiger partial charge < -0.3 is 9.64 Å². The van der Waals surface area contributed by atoms with Gasteiger partial charge in [0, 0.05) is 12.6 Å². The van der Waals surface area contributed by atoms with Gasteiger partial charge in [-0.3, -0.25) is 0 Å². The Morgan fingerprint density at radius 1 is 1.30 bits per heavy atom. The summed E-state index contributed by atoms with van der Waals surface area (Å²) in [5.74, 6) is 1.28. The van der Waals surface area contributed by atoms with Crippen molar-refractivity contribution in [3.63, 3.8) is 0 Å². The third-order valence-electron chi connectivity index (χ3n) is 4.21. The van der Waals surface area contributed by atoms with E-state index in [4.69, 9.17) is 4.74 Å². The predicted molar refractivity (Wildman–Crippen MR) is 78.5 cm³/mol. The smallest absolute Gasteiger partial charge is 0.410 e. The van der Waals surface area contributed by atoms with Crippen molar-refractivity contribution >= 4 is 6.09 Å². The molecular weight excluding hydrogens is 250 g/mol. The summed E-state index contributed by atoms with van der Waals surface area (Å²) in [6.45, 7) is 6.62. The molecule has 1 saturated carbocycles. The van der Waals surface area contributed by atoms with Gasteiger partial charge in [0.2, 0.25) is 0 Å². The molecule has 1 aromatic carbocycles. The van der Waals surface area contributed by atoms with Gasteiger partial charge in [-0.05, 0) is 51.0 Å². The van der Waals surface area contributed by atoms with E-state index in [1.54, 1.807) is 0 Å². The van der Waals surface area contributed by atoms with Crippen LogP contribution in [0.15, 0.2) is 30.3 Å². The zero-order chi connectivity index (χ0) is 14.3. The molecule has 0 radical (unpaired) electrons. The minimum absolute atomic E-state index is 0.138. The number of hydrogen-bond donors (Lipinski definition) is 0. The van der Waals surface area contributed by atoms with Crippen molar-refractivity contribution in [2.45, 2.75) is 45.3 Å². The number of hydrogen-bond acceptors (Lipinski definition) is 2. The van der Waals surface area contributed by atoms with Crippen molar-refractivity contribution in [1.82, 2.24) is 4.90 Å². The van der Waals surface area contributed by atoms with Gasteiger partial charge in [0.1, 0.15) is 5.60 Å². The standard InChI is InChI=1S/C17H23NO2/c1-17(2,3)20-16(19)18-11-13(14-10-15(14)18)9-12-7-5-4-6-8-12/h4-8,13-15H,9-11H2,1-3H3/t13-,14+,15+/m1/s1. The fraction of sp³-hybridized carbons (Fsp3) is 0.588. The maximum Gasteiger partial charge on any atom is 0.410 e. The minimum Gasteiger partial charge on any atom is -0.444 e. The van der Waals surface area contributed by atoms with Crippen molar-refractivity contribution in [2.24, 2.45) is 11.8 Å². The van der Waals surface area contributed by atoms with E-state index < -0.39 is 5.60 Å². The number of fused-ring (bicyclic) bond motifs is 1. The van der Waals surface area contributed by atoms with E-state index in [1.165, 1.54) is 5.56 Å². The van der Waals surface area contributed by atoms with Crippen LogP contribution in [0.5, 0.6) is 0 Å². The lowest BCUT2D eigenvalue weighted by Gasteiger charge is -2.26. The molecule has 3 nitrogen and oxygen atoms in total. The Hall–Kier alpha value is -1.51. The molecule has 0 N–H and O–H groups in total. The van der Waals surface area contributed by atoms with Crippen molar-refractivity contribution in [3.8, 4) is 0 Å². The van der Waals surface area contributed by atoms with Gasteiger partial charge in [-0.25, -0.2) is 4.79 Å². The zero-order valence-corrected chi connectivity index (χ0v) is 12.5. The van der Waals surface area contributed by atoms with Gasteiger partial charge in [-0.2, -0.15) is 0 Å². The summed E-state index contributed by atoms with van der Waals surface area (Å²) >= 11 is 0. The van der Waals surface area contributed by atoms with Gasteiger partial charge in [-0.15, -0.1) is 0 Å². The van der Waals surface area contributed by atoms with Crippen molar-refractivity contribution in [3.05, 3.63) is 35.9 Å². The first-order chi connectivity index (χ1) is 9.44. The van der Waals surface area contributed by atoms with Gasteiger partial charge in [0.15, 0.2) is 0 Å². The molecule has 0 spiro atoms. The van der Waals surface area contributed by atoms with Crippen molar-refractivity contribution in [1.29, 1.82) is 0 Å². The number of carbonyl (C=O) groups is 1. The summed E-state index contributed by atoms with van der Waals surface area (Å²) in [5, 5.41) is 0. The molecule has 2 aliphatic rings. The number of piperidine rings is 1. The molecule has 3 heteroatoms. The SMILES string of the molecule is CC(C)(C)OC(=O)N1C[C@@H](Cc2ccccc2)[C@@H]2C[C@@H]21. The molecule has 1 aromatic rings. The maximum atomic E-state index is 12.2. The van der Waals surface area contributed by atoms with E-state index in [1.807, 2.05) is 31.7 Å². The fourth-order valence-electron chi connectivity index (χ4n) is 3.25. The lowest BCUT2D eigenvalue weighted by Crippen LogP contribution is -2.37. The number of carbonyl (C=O) groups excluding carboxylic acids is 1. The Bertz CT molecular complexity index is 491. The second-order valence-electron chi connectivity index (χ2n) is 7.05.